The molecule has 2 unspecified atom stereocenters. The topological polar surface area (TPSA) is 20.3 Å². The zero-order valence-electron chi connectivity index (χ0n) is 11.7. The van der Waals surface area contributed by atoms with Crippen LogP contribution >= 0.6 is 22.6 Å². The van der Waals surface area contributed by atoms with Gasteiger partial charge < -0.3 is 0 Å². The lowest BCUT2D eigenvalue weighted by molar-refractivity contribution is 0.0785. The van der Waals surface area contributed by atoms with Crippen LogP contribution < -0.4 is 0 Å². The first-order chi connectivity index (χ1) is 9.10. The fourth-order valence-electron chi connectivity index (χ4n) is 2.73. The van der Waals surface area contributed by atoms with Crippen molar-refractivity contribution in [3.63, 3.8) is 0 Å². The number of carbonyl (C=O) groups is 1. The van der Waals surface area contributed by atoms with E-state index in [0.717, 1.165) is 18.0 Å². The number of ketones is 1. The second-order valence-electron chi connectivity index (χ2n) is 5.56. The highest BCUT2D eigenvalue weighted by Gasteiger charge is 2.26. The Morgan fingerprint density at radius 3 is 2.63 bits per heavy atom. The first kappa shape index (κ1) is 15.0. The van der Waals surface area contributed by atoms with Crippen molar-refractivity contribution in [2.75, 3.05) is 13.1 Å². The van der Waals surface area contributed by atoms with E-state index in [1.165, 1.54) is 22.8 Å². The number of carbonyl (C=O) groups excluding carboxylic acids is 1. The Balaban J connectivity index is 1.99. The molecule has 0 amide bonds. The van der Waals surface area contributed by atoms with Crippen molar-refractivity contribution in [3.05, 3.63) is 33.4 Å². The Hall–Kier alpha value is -0.420. The van der Waals surface area contributed by atoms with Gasteiger partial charge in [-0.25, -0.2) is 0 Å². The van der Waals surface area contributed by atoms with Crippen LogP contribution in [-0.2, 0) is 0 Å². The van der Waals surface area contributed by atoms with Crippen molar-refractivity contribution in [1.82, 2.24) is 4.90 Å². The van der Waals surface area contributed by atoms with Gasteiger partial charge in [0.1, 0.15) is 0 Å². The van der Waals surface area contributed by atoms with E-state index in [9.17, 15) is 4.79 Å². The molecule has 1 aromatic rings. The van der Waals surface area contributed by atoms with E-state index in [4.69, 9.17) is 0 Å². The van der Waals surface area contributed by atoms with Crippen LogP contribution in [0.4, 0.5) is 0 Å². The molecular weight excluding hydrogens is 349 g/mol. The van der Waals surface area contributed by atoms with Crippen LogP contribution in [0, 0.1) is 9.49 Å². The number of benzene rings is 1. The molecule has 1 aliphatic rings. The summed E-state index contributed by atoms with van der Waals surface area (Å²) in [6, 6.07) is 8.42. The van der Waals surface area contributed by atoms with Crippen molar-refractivity contribution >= 4 is 28.4 Å². The maximum absolute atomic E-state index is 12.3. The van der Waals surface area contributed by atoms with Crippen LogP contribution in [0.25, 0.3) is 0 Å². The number of likely N-dealkylation sites (tertiary alicyclic amines) is 1. The maximum atomic E-state index is 12.3. The molecule has 104 valence electrons. The SMILES string of the molecule is CCC1CCC(C)N(CC(=O)c2ccc(I)cc2)C1. The van der Waals surface area contributed by atoms with Gasteiger partial charge in [0.25, 0.3) is 0 Å². The summed E-state index contributed by atoms with van der Waals surface area (Å²) in [5.74, 6) is 1.01. The molecule has 1 fully saturated rings. The quantitative estimate of drug-likeness (QED) is 0.589. The summed E-state index contributed by atoms with van der Waals surface area (Å²) in [6.45, 7) is 6.14. The number of nitrogens with zero attached hydrogens (tertiary/aromatic N) is 1. The molecule has 0 aliphatic carbocycles. The first-order valence-corrected chi connectivity index (χ1v) is 8.20. The van der Waals surface area contributed by atoms with Gasteiger partial charge in [0.15, 0.2) is 5.78 Å². The van der Waals surface area contributed by atoms with E-state index >= 15 is 0 Å². The number of piperidine rings is 1. The van der Waals surface area contributed by atoms with Crippen molar-refractivity contribution in [3.8, 4) is 0 Å². The molecule has 2 rings (SSSR count). The highest BCUT2D eigenvalue weighted by molar-refractivity contribution is 14.1. The number of hydrogen-bond donors (Lipinski definition) is 0. The summed E-state index contributed by atoms with van der Waals surface area (Å²) in [4.78, 5) is 14.7. The van der Waals surface area contributed by atoms with Gasteiger partial charge in [-0.1, -0.05) is 25.5 Å². The van der Waals surface area contributed by atoms with Gasteiger partial charge in [-0.2, -0.15) is 0 Å². The molecule has 0 radical (unpaired) electrons. The largest absolute Gasteiger partial charge is 0.293 e. The van der Waals surface area contributed by atoms with Gasteiger partial charge >= 0.3 is 0 Å². The Kier molecular flexibility index (Phi) is 5.39. The van der Waals surface area contributed by atoms with Crippen LogP contribution in [0.2, 0.25) is 0 Å². The normalized spacial score (nSPS) is 24.4. The first-order valence-electron chi connectivity index (χ1n) is 7.13. The second-order valence-corrected chi connectivity index (χ2v) is 6.81. The molecule has 19 heavy (non-hydrogen) atoms. The lowest BCUT2D eigenvalue weighted by atomic mass is 9.91. The van der Waals surface area contributed by atoms with Crippen molar-refractivity contribution in [2.45, 2.75) is 39.2 Å². The smallest absolute Gasteiger partial charge is 0.176 e. The van der Waals surface area contributed by atoms with E-state index < -0.39 is 0 Å². The zero-order chi connectivity index (χ0) is 13.8. The molecule has 0 aromatic heterocycles. The minimum atomic E-state index is 0.250. The third-order valence-electron chi connectivity index (χ3n) is 4.20. The van der Waals surface area contributed by atoms with Gasteiger partial charge in [0, 0.05) is 21.7 Å². The zero-order valence-corrected chi connectivity index (χ0v) is 13.9. The number of rotatable bonds is 4. The summed E-state index contributed by atoms with van der Waals surface area (Å²) < 4.78 is 1.17. The third-order valence-corrected chi connectivity index (χ3v) is 4.92. The van der Waals surface area contributed by atoms with Gasteiger partial charge in [-0.05, 0) is 60.4 Å². The van der Waals surface area contributed by atoms with E-state index in [0.29, 0.717) is 12.6 Å². The van der Waals surface area contributed by atoms with Gasteiger partial charge in [0.05, 0.1) is 6.54 Å². The minimum Gasteiger partial charge on any atom is -0.293 e. The molecule has 0 bridgehead atoms. The van der Waals surface area contributed by atoms with Crippen LogP contribution in [0.5, 0.6) is 0 Å². The van der Waals surface area contributed by atoms with Crippen molar-refractivity contribution in [1.29, 1.82) is 0 Å². The summed E-state index contributed by atoms with van der Waals surface area (Å²) in [7, 11) is 0. The summed E-state index contributed by atoms with van der Waals surface area (Å²) in [6.07, 6.45) is 3.76. The monoisotopic (exact) mass is 371 g/mol. The summed E-state index contributed by atoms with van der Waals surface area (Å²) >= 11 is 2.26. The van der Waals surface area contributed by atoms with Crippen molar-refractivity contribution < 1.29 is 4.79 Å². The van der Waals surface area contributed by atoms with E-state index in [-0.39, 0.29) is 5.78 Å². The lowest BCUT2D eigenvalue weighted by Gasteiger charge is -2.37. The van der Waals surface area contributed by atoms with E-state index in [1.807, 2.05) is 24.3 Å². The summed E-state index contributed by atoms with van der Waals surface area (Å²) in [5, 5.41) is 0. The fraction of sp³-hybridized carbons (Fsp3) is 0.562. The minimum absolute atomic E-state index is 0.250. The predicted molar refractivity (Wildman–Crippen MR) is 87.5 cm³/mol. The molecule has 0 saturated carbocycles. The molecule has 2 atom stereocenters. The highest BCUT2D eigenvalue weighted by atomic mass is 127. The highest BCUT2D eigenvalue weighted by Crippen LogP contribution is 2.24. The average Bonchev–Trinajstić information content (AvgIpc) is 2.42. The van der Waals surface area contributed by atoms with Gasteiger partial charge in [-0.15, -0.1) is 0 Å². The summed E-state index contributed by atoms with van der Waals surface area (Å²) in [5.41, 5.74) is 0.839. The van der Waals surface area contributed by atoms with Crippen LogP contribution in [0.3, 0.4) is 0 Å². The number of Topliss-reactive ketones (excluding diaryl/α,β-unsaturated/α-hetero) is 1. The van der Waals surface area contributed by atoms with E-state index in [2.05, 4.69) is 41.3 Å². The van der Waals surface area contributed by atoms with Crippen LogP contribution in [-0.4, -0.2) is 29.8 Å². The van der Waals surface area contributed by atoms with Crippen molar-refractivity contribution in [2.24, 2.45) is 5.92 Å². The Morgan fingerprint density at radius 2 is 2.00 bits per heavy atom. The molecule has 1 saturated heterocycles. The average molecular weight is 371 g/mol. The molecular formula is C16H22INO. The molecule has 0 spiro atoms. The van der Waals surface area contributed by atoms with Gasteiger partial charge in [0.2, 0.25) is 0 Å². The molecule has 1 aromatic carbocycles. The fourth-order valence-corrected chi connectivity index (χ4v) is 3.09. The Bertz CT molecular complexity index is 429. The Morgan fingerprint density at radius 1 is 1.32 bits per heavy atom. The molecule has 1 aliphatic heterocycles. The van der Waals surface area contributed by atoms with Crippen LogP contribution in [0.1, 0.15) is 43.5 Å². The molecule has 2 nitrogen and oxygen atoms in total. The molecule has 3 heteroatoms. The maximum Gasteiger partial charge on any atom is 0.176 e. The Labute approximate surface area is 129 Å². The molecule has 0 N–H and O–H groups in total. The molecule has 1 heterocycles. The van der Waals surface area contributed by atoms with E-state index in [1.54, 1.807) is 0 Å². The van der Waals surface area contributed by atoms with Crippen LogP contribution in [0.15, 0.2) is 24.3 Å². The third kappa shape index (κ3) is 4.02. The second kappa shape index (κ2) is 6.84. The van der Waals surface area contributed by atoms with Gasteiger partial charge in [-0.3, -0.25) is 9.69 Å². The lowest BCUT2D eigenvalue weighted by Crippen LogP contribution is -2.44. The number of halogens is 1. The predicted octanol–water partition coefficient (Wildman–Crippen LogP) is 3.98. The number of hydrogen-bond acceptors (Lipinski definition) is 2. The standard InChI is InChI=1S/C16H22INO/c1-3-13-5-4-12(2)18(10-13)11-16(19)14-6-8-15(17)9-7-14/h6-9,12-13H,3-5,10-11H2,1-2H3.